The van der Waals surface area contributed by atoms with Crippen molar-refractivity contribution in [3.05, 3.63) is 35.2 Å². The molecule has 0 fully saturated rings. The number of benzene rings is 1. The van der Waals surface area contributed by atoms with Gasteiger partial charge in [0, 0.05) is 12.8 Å². The Morgan fingerprint density at radius 2 is 2.25 bits per heavy atom. The zero-order valence-electron chi connectivity index (χ0n) is 11.3. The number of hydrogen-bond acceptors (Lipinski definition) is 6. The Morgan fingerprint density at radius 3 is 2.85 bits per heavy atom. The Morgan fingerprint density at radius 1 is 1.45 bits per heavy atom. The van der Waals surface area contributed by atoms with Crippen LogP contribution in [-0.4, -0.2) is 21.9 Å². The molecule has 0 aliphatic carbocycles. The van der Waals surface area contributed by atoms with Crippen LogP contribution in [0.2, 0.25) is 0 Å². The first-order chi connectivity index (χ1) is 9.69. The lowest BCUT2D eigenvalue weighted by atomic mass is 10.1. The van der Waals surface area contributed by atoms with Crippen molar-refractivity contribution in [2.75, 3.05) is 7.11 Å². The van der Waals surface area contributed by atoms with Gasteiger partial charge in [0.25, 0.3) is 0 Å². The minimum Gasteiger partial charge on any atom is -0.495 e. The molecule has 104 valence electrons. The number of aromatic nitrogens is 3. The minimum atomic E-state index is 0.370. The molecule has 0 aliphatic rings. The maximum Gasteiger partial charge on any atom is 0.191 e. The van der Waals surface area contributed by atoms with Crippen LogP contribution in [0.1, 0.15) is 17.0 Å². The highest BCUT2D eigenvalue weighted by Gasteiger charge is 2.09. The van der Waals surface area contributed by atoms with Gasteiger partial charge in [-0.25, -0.2) is 0 Å². The summed E-state index contributed by atoms with van der Waals surface area (Å²) < 4.78 is 7.07. The normalized spacial score (nSPS) is 10.3. The molecule has 2 aromatic rings. The fourth-order valence-electron chi connectivity index (χ4n) is 1.71. The Hall–Kier alpha value is -2.04. The van der Waals surface area contributed by atoms with Crippen molar-refractivity contribution in [2.45, 2.75) is 17.5 Å². The topological polar surface area (TPSA) is 89.8 Å². The zero-order chi connectivity index (χ0) is 14.5. The van der Waals surface area contributed by atoms with Crippen LogP contribution in [-0.2, 0) is 19.3 Å². The summed E-state index contributed by atoms with van der Waals surface area (Å²) in [5.74, 6) is 2.06. The average molecular weight is 289 g/mol. The predicted octanol–water partition coefficient (Wildman–Crippen LogP) is 1.45. The molecule has 6 nitrogen and oxygen atoms in total. The van der Waals surface area contributed by atoms with Crippen LogP contribution in [0.25, 0.3) is 0 Å². The van der Waals surface area contributed by atoms with Gasteiger partial charge in [0.1, 0.15) is 17.6 Å². The molecule has 0 atom stereocenters. The summed E-state index contributed by atoms with van der Waals surface area (Å²) >= 11 is 1.56. The second-order valence-corrected chi connectivity index (χ2v) is 5.04. The van der Waals surface area contributed by atoms with Gasteiger partial charge in [-0.1, -0.05) is 17.8 Å². The summed E-state index contributed by atoms with van der Waals surface area (Å²) in [6.45, 7) is 0.370. The highest BCUT2D eigenvalue weighted by Crippen LogP contribution is 2.25. The van der Waals surface area contributed by atoms with Crippen LogP contribution in [0.4, 0.5) is 0 Å². The number of methoxy groups -OCH3 is 1. The molecule has 0 radical (unpaired) electrons. The van der Waals surface area contributed by atoms with Crippen LogP contribution in [0, 0.1) is 11.3 Å². The van der Waals surface area contributed by atoms with Crippen molar-refractivity contribution in [3.63, 3.8) is 0 Å². The van der Waals surface area contributed by atoms with Gasteiger partial charge in [0.15, 0.2) is 5.16 Å². The van der Waals surface area contributed by atoms with E-state index in [9.17, 15) is 0 Å². The summed E-state index contributed by atoms with van der Waals surface area (Å²) in [5, 5.41) is 17.9. The SMILES string of the molecule is COc1cc(CSc2nnc(CN)n2C)ccc1C#N. The van der Waals surface area contributed by atoms with Crippen LogP contribution in [0.3, 0.4) is 0 Å². The number of thioether (sulfide) groups is 1. The molecule has 1 aromatic heterocycles. The zero-order valence-corrected chi connectivity index (χ0v) is 12.1. The third-order valence-corrected chi connectivity index (χ3v) is 3.95. The number of nitriles is 1. The molecule has 2 N–H and O–H groups in total. The minimum absolute atomic E-state index is 0.370. The van der Waals surface area contributed by atoms with E-state index < -0.39 is 0 Å². The fourth-order valence-corrected chi connectivity index (χ4v) is 2.59. The quantitative estimate of drug-likeness (QED) is 0.838. The molecule has 1 aromatic carbocycles. The standard InChI is InChI=1S/C13H15N5OS/c1-18-12(7-15)16-17-13(18)20-8-9-3-4-10(6-14)11(5-9)19-2/h3-5H,7-8,15H2,1-2H3. The van der Waals surface area contributed by atoms with E-state index in [0.717, 1.165) is 22.3 Å². The number of nitrogens with two attached hydrogens (primary N) is 1. The van der Waals surface area contributed by atoms with E-state index in [1.807, 2.05) is 23.7 Å². The molecule has 0 amide bonds. The molecule has 0 spiro atoms. The first-order valence-electron chi connectivity index (χ1n) is 5.97. The lowest BCUT2D eigenvalue weighted by Gasteiger charge is -2.06. The van der Waals surface area contributed by atoms with Crippen molar-refractivity contribution < 1.29 is 4.74 Å². The first kappa shape index (κ1) is 14.4. The van der Waals surface area contributed by atoms with Crippen molar-refractivity contribution in [1.82, 2.24) is 14.8 Å². The van der Waals surface area contributed by atoms with Crippen molar-refractivity contribution in [2.24, 2.45) is 12.8 Å². The Kier molecular flexibility index (Phi) is 4.61. The smallest absolute Gasteiger partial charge is 0.191 e. The van der Waals surface area contributed by atoms with E-state index >= 15 is 0 Å². The van der Waals surface area contributed by atoms with Crippen LogP contribution < -0.4 is 10.5 Å². The molecular formula is C13H15N5OS. The lowest BCUT2D eigenvalue weighted by molar-refractivity contribution is 0.413. The summed E-state index contributed by atoms with van der Waals surface area (Å²) in [6, 6.07) is 7.63. The average Bonchev–Trinajstić information content (AvgIpc) is 2.85. The second kappa shape index (κ2) is 6.41. The fraction of sp³-hybridized carbons (Fsp3) is 0.308. The molecule has 7 heteroatoms. The summed E-state index contributed by atoms with van der Waals surface area (Å²) in [5.41, 5.74) is 7.15. The van der Waals surface area contributed by atoms with Crippen LogP contribution >= 0.6 is 11.8 Å². The number of rotatable bonds is 5. The molecule has 1 heterocycles. The Balaban J connectivity index is 2.11. The van der Waals surface area contributed by atoms with Gasteiger partial charge < -0.3 is 15.0 Å². The van der Waals surface area contributed by atoms with E-state index in [4.69, 9.17) is 15.7 Å². The maximum atomic E-state index is 8.95. The third-order valence-electron chi connectivity index (χ3n) is 2.86. The van der Waals surface area contributed by atoms with Gasteiger partial charge in [-0.05, 0) is 17.7 Å². The summed E-state index contributed by atoms with van der Waals surface area (Å²) in [7, 11) is 3.45. The van der Waals surface area contributed by atoms with E-state index in [1.54, 1.807) is 24.9 Å². The molecule has 0 saturated carbocycles. The van der Waals surface area contributed by atoms with Crippen LogP contribution in [0.5, 0.6) is 5.75 Å². The molecule has 0 unspecified atom stereocenters. The van der Waals surface area contributed by atoms with Gasteiger partial charge in [0.05, 0.1) is 19.2 Å². The van der Waals surface area contributed by atoms with Gasteiger partial charge >= 0.3 is 0 Å². The van der Waals surface area contributed by atoms with Crippen molar-refractivity contribution >= 4 is 11.8 Å². The molecule has 2 rings (SSSR count). The number of ether oxygens (including phenoxy) is 1. The van der Waals surface area contributed by atoms with Gasteiger partial charge in [-0.2, -0.15) is 5.26 Å². The Bertz CT molecular complexity index is 647. The van der Waals surface area contributed by atoms with E-state index in [2.05, 4.69) is 16.3 Å². The molecule has 0 bridgehead atoms. The third kappa shape index (κ3) is 2.92. The van der Waals surface area contributed by atoms with Gasteiger partial charge in [-0.15, -0.1) is 10.2 Å². The summed E-state index contributed by atoms with van der Waals surface area (Å²) in [4.78, 5) is 0. The summed E-state index contributed by atoms with van der Waals surface area (Å²) in [6.07, 6.45) is 0. The Labute approximate surface area is 121 Å². The predicted molar refractivity (Wildman–Crippen MR) is 76.2 cm³/mol. The largest absolute Gasteiger partial charge is 0.495 e. The molecule has 0 aliphatic heterocycles. The second-order valence-electron chi connectivity index (χ2n) is 4.10. The molecular weight excluding hydrogens is 274 g/mol. The van der Waals surface area contributed by atoms with Crippen molar-refractivity contribution in [1.29, 1.82) is 5.26 Å². The number of hydrogen-bond donors (Lipinski definition) is 1. The van der Waals surface area contributed by atoms with Crippen LogP contribution in [0.15, 0.2) is 23.4 Å². The van der Waals surface area contributed by atoms with E-state index in [1.165, 1.54) is 0 Å². The monoisotopic (exact) mass is 289 g/mol. The first-order valence-corrected chi connectivity index (χ1v) is 6.96. The van der Waals surface area contributed by atoms with E-state index in [-0.39, 0.29) is 0 Å². The lowest BCUT2D eigenvalue weighted by Crippen LogP contribution is -2.05. The van der Waals surface area contributed by atoms with Gasteiger partial charge in [0.2, 0.25) is 0 Å². The highest BCUT2D eigenvalue weighted by molar-refractivity contribution is 7.98. The van der Waals surface area contributed by atoms with E-state index in [0.29, 0.717) is 17.9 Å². The molecule has 20 heavy (non-hydrogen) atoms. The van der Waals surface area contributed by atoms with Gasteiger partial charge in [-0.3, -0.25) is 0 Å². The maximum absolute atomic E-state index is 8.95. The highest BCUT2D eigenvalue weighted by atomic mass is 32.2. The molecule has 0 saturated heterocycles. The van der Waals surface area contributed by atoms with Crippen molar-refractivity contribution in [3.8, 4) is 11.8 Å². The number of nitrogens with zero attached hydrogens (tertiary/aromatic N) is 4.